The Kier molecular flexibility index (Phi) is 2.03. The molecule has 5 heteroatoms. The summed E-state index contributed by atoms with van der Waals surface area (Å²) in [6.07, 6.45) is 0. The van der Waals surface area contributed by atoms with Crippen molar-refractivity contribution in [2.45, 2.75) is 0 Å². The third-order valence-electron chi connectivity index (χ3n) is 2.25. The maximum Gasteiger partial charge on any atom is 0.350 e. The molecule has 0 unspecified atom stereocenters. The molecule has 2 aromatic rings. The number of guanidine groups is 1. The number of benzene rings is 1. The molecule has 76 valence electrons. The van der Waals surface area contributed by atoms with Crippen LogP contribution in [0.3, 0.4) is 0 Å². The quantitative estimate of drug-likeness (QED) is 0.620. The van der Waals surface area contributed by atoms with Gasteiger partial charge in [-0.15, -0.1) is 0 Å². The minimum absolute atomic E-state index is 0.924. The molecule has 0 saturated heterocycles. The first-order valence-corrected chi connectivity index (χ1v) is 5.71. The van der Waals surface area contributed by atoms with Gasteiger partial charge >= 0.3 is 5.96 Å². The molecule has 15 heavy (non-hydrogen) atoms. The average Bonchev–Trinajstić information content (AvgIpc) is 2.86. The van der Waals surface area contributed by atoms with E-state index >= 15 is 0 Å². The smallest absolute Gasteiger partial charge is 0.274 e. The maximum absolute atomic E-state index is 4.48. The number of nitrogens with one attached hydrogen (secondary N) is 3. The minimum atomic E-state index is 0.924. The number of anilines is 1. The van der Waals surface area contributed by atoms with Crippen LogP contribution in [0.25, 0.3) is 10.2 Å². The van der Waals surface area contributed by atoms with Crippen molar-refractivity contribution in [1.82, 2.24) is 10.3 Å². The van der Waals surface area contributed by atoms with Crippen LogP contribution in [0, 0.1) is 0 Å². The van der Waals surface area contributed by atoms with E-state index in [-0.39, 0.29) is 0 Å². The van der Waals surface area contributed by atoms with E-state index in [1.165, 1.54) is 4.70 Å². The lowest BCUT2D eigenvalue weighted by Gasteiger charge is -1.92. The molecule has 0 atom stereocenters. The molecule has 0 radical (unpaired) electrons. The number of para-hydroxylation sites is 1. The van der Waals surface area contributed by atoms with Gasteiger partial charge in [0.2, 0.25) is 0 Å². The lowest BCUT2D eigenvalue weighted by Crippen LogP contribution is -2.72. The van der Waals surface area contributed by atoms with Gasteiger partial charge in [-0.1, -0.05) is 23.5 Å². The van der Waals surface area contributed by atoms with Gasteiger partial charge in [-0.3, -0.25) is 10.3 Å². The molecule has 1 aliphatic heterocycles. The number of hydrogen-bond donors (Lipinski definition) is 3. The van der Waals surface area contributed by atoms with Crippen molar-refractivity contribution in [3.8, 4) is 0 Å². The van der Waals surface area contributed by atoms with Crippen LogP contribution in [0.1, 0.15) is 0 Å². The number of thiazole rings is 1. The van der Waals surface area contributed by atoms with E-state index in [4.69, 9.17) is 0 Å². The average molecular weight is 219 g/mol. The molecule has 1 aromatic carbocycles. The van der Waals surface area contributed by atoms with Gasteiger partial charge in [0.05, 0.1) is 23.3 Å². The highest BCUT2D eigenvalue weighted by molar-refractivity contribution is 7.22. The minimum Gasteiger partial charge on any atom is -0.274 e. The van der Waals surface area contributed by atoms with Crippen LogP contribution >= 0.6 is 11.3 Å². The van der Waals surface area contributed by atoms with E-state index in [2.05, 4.69) is 26.7 Å². The van der Waals surface area contributed by atoms with Crippen molar-refractivity contribution >= 4 is 32.6 Å². The fourth-order valence-electron chi connectivity index (χ4n) is 1.56. The van der Waals surface area contributed by atoms with Crippen molar-refractivity contribution in [3.63, 3.8) is 0 Å². The summed E-state index contributed by atoms with van der Waals surface area (Å²) in [6.45, 7) is 1.93. The van der Waals surface area contributed by atoms with E-state index < -0.39 is 0 Å². The second-order valence-corrected chi connectivity index (χ2v) is 4.37. The molecule has 0 saturated carbocycles. The Morgan fingerprint density at radius 1 is 1.40 bits per heavy atom. The highest BCUT2D eigenvalue weighted by Crippen LogP contribution is 2.24. The fourth-order valence-corrected chi connectivity index (χ4v) is 2.43. The molecule has 0 fully saturated rings. The van der Waals surface area contributed by atoms with Crippen molar-refractivity contribution in [2.75, 3.05) is 18.4 Å². The van der Waals surface area contributed by atoms with E-state index in [1.54, 1.807) is 11.3 Å². The molecular formula is C10H11N4S+. The Labute approximate surface area is 91.1 Å². The van der Waals surface area contributed by atoms with Crippen LogP contribution in [-0.2, 0) is 0 Å². The molecule has 0 aliphatic carbocycles. The molecule has 0 bridgehead atoms. The summed E-state index contributed by atoms with van der Waals surface area (Å²) in [5.41, 5.74) is 1.04. The predicted molar refractivity (Wildman–Crippen MR) is 62.1 cm³/mol. The molecule has 2 heterocycles. The van der Waals surface area contributed by atoms with E-state index in [1.807, 2.05) is 18.2 Å². The highest BCUT2D eigenvalue weighted by atomic mass is 32.1. The van der Waals surface area contributed by atoms with Gasteiger partial charge in [0, 0.05) is 0 Å². The monoisotopic (exact) mass is 219 g/mol. The first-order chi connectivity index (χ1) is 7.42. The Morgan fingerprint density at radius 2 is 2.33 bits per heavy atom. The number of nitrogens with zero attached hydrogens (tertiary/aromatic N) is 1. The van der Waals surface area contributed by atoms with Crippen molar-refractivity contribution in [3.05, 3.63) is 24.3 Å². The Bertz CT molecular complexity index is 484. The SMILES string of the molecule is c1ccc2sc(NC3=[NH+]CCN3)nc2c1. The van der Waals surface area contributed by atoms with Crippen LogP contribution in [0.2, 0.25) is 0 Å². The Hall–Kier alpha value is -1.62. The van der Waals surface area contributed by atoms with Gasteiger partial charge in [-0.05, 0) is 12.1 Å². The molecule has 1 aromatic heterocycles. The van der Waals surface area contributed by atoms with Gasteiger partial charge in [-0.25, -0.2) is 10.3 Å². The first-order valence-electron chi connectivity index (χ1n) is 4.89. The molecular weight excluding hydrogens is 208 g/mol. The molecule has 4 nitrogen and oxygen atoms in total. The number of hydrogen-bond acceptors (Lipinski definition) is 4. The lowest BCUT2D eigenvalue weighted by atomic mass is 10.3. The molecule has 1 aliphatic rings. The first kappa shape index (κ1) is 8.67. The summed E-state index contributed by atoms with van der Waals surface area (Å²) < 4.78 is 1.21. The van der Waals surface area contributed by atoms with Gasteiger partial charge in [0.1, 0.15) is 0 Å². The Balaban J connectivity index is 1.91. The second kappa shape index (κ2) is 3.51. The predicted octanol–water partition coefficient (Wildman–Crippen LogP) is -0.252. The lowest BCUT2D eigenvalue weighted by molar-refractivity contribution is -0.444. The van der Waals surface area contributed by atoms with E-state index in [0.717, 1.165) is 29.7 Å². The highest BCUT2D eigenvalue weighted by Gasteiger charge is 2.14. The van der Waals surface area contributed by atoms with E-state index in [0.29, 0.717) is 0 Å². The van der Waals surface area contributed by atoms with Crippen LogP contribution in [-0.4, -0.2) is 24.0 Å². The van der Waals surface area contributed by atoms with Gasteiger partial charge in [0.25, 0.3) is 5.13 Å². The topological polar surface area (TPSA) is 50.9 Å². The summed E-state index contributed by atoms with van der Waals surface area (Å²) in [6, 6.07) is 8.14. The zero-order valence-electron chi connectivity index (χ0n) is 8.08. The largest absolute Gasteiger partial charge is 0.350 e. The standard InChI is InChI=1S/C10H10N4S/c1-2-4-8-7(3-1)13-10(15-8)14-9-11-5-6-12-9/h1-4H,5-6H2,(H2,11,12,13,14)/p+1. The summed E-state index contributed by atoms with van der Waals surface area (Å²) in [5.74, 6) is 0.953. The van der Waals surface area contributed by atoms with Gasteiger partial charge in [-0.2, -0.15) is 0 Å². The zero-order chi connectivity index (χ0) is 10.1. The zero-order valence-corrected chi connectivity index (χ0v) is 8.90. The molecule has 3 N–H and O–H groups in total. The van der Waals surface area contributed by atoms with E-state index in [9.17, 15) is 0 Å². The van der Waals surface area contributed by atoms with Crippen molar-refractivity contribution in [2.24, 2.45) is 0 Å². The van der Waals surface area contributed by atoms with Crippen molar-refractivity contribution in [1.29, 1.82) is 0 Å². The third-order valence-corrected chi connectivity index (χ3v) is 3.21. The second-order valence-electron chi connectivity index (χ2n) is 3.34. The normalized spacial score (nSPS) is 15.1. The van der Waals surface area contributed by atoms with Gasteiger partial charge in [0.15, 0.2) is 0 Å². The number of rotatable bonds is 1. The number of fused-ring (bicyclic) bond motifs is 1. The summed E-state index contributed by atoms with van der Waals surface area (Å²) in [5, 5.41) is 7.37. The van der Waals surface area contributed by atoms with Crippen LogP contribution < -0.4 is 15.6 Å². The van der Waals surface area contributed by atoms with Gasteiger partial charge < -0.3 is 0 Å². The fraction of sp³-hybridized carbons (Fsp3) is 0.200. The summed E-state index contributed by atoms with van der Waals surface area (Å²) >= 11 is 1.66. The maximum atomic E-state index is 4.48. The molecule has 0 spiro atoms. The van der Waals surface area contributed by atoms with Crippen LogP contribution in [0.4, 0.5) is 5.13 Å². The Morgan fingerprint density at radius 3 is 3.13 bits per heavy atom. The molecule has 0 amide bonds. The summed E-state index contributed by atoms with van der Waals surface area (Å²) in [7, 11) is 0. The van der Waals surface area contributed by atoms with Crippen LogP contribution in [0.15, 0.2) is 24.3 Å². The van der Waals surface area contributed by atoms with Crippen LogP contribution in [0.5, 0.6) is 0 Å². The van der Waals surface area contributed by atoms with Crippen molar-refractivity contribution < 1.29 is 4.99 Å². The summed E-state index contributed by atoms with van der Waals surface area (Å²) in [4.78, 5) is 7.69. The third kappa shape index (κ3) is 1.66. The number of aromatic nitrogens is 1. The molecule has 3 rings (SSSR count).